The molecule has 1 rings (SSSR count). The van der Waals surface area contributed by atoms with E-state index in [0.717, 1.165) is 6.26 Å². The predicted molar refractivity (Wildman–Crippen MR) is 59.8 cm³/mol. The molecule has 1 aromatic rings. The van der Waals surface area contributed by atoms with Crippen LogP contribution in [0.5, 0.6) is 0 Å². The molecule has 0 saturated carbocycles. The van der Waals surface area contributed by atoms with Gasteiger partial charge in [-0.25, -0.2) is 13.4 Å². The van der Waals surface area contributed by atoms with Gasteiger partial charge in [-0.05, 0) is 0 Å². The summed E-state index contributed by atoms with van der Waals surface area (Å²) in [5, 5.41) is -0.0647. The summed E-state index contributed by atoms with van der Waals surface area (Å²) >= 11 is 0. The monoisotopic (exact) mass is 244 g/mol. The van der Waals surface area contributed by atoms with Crippen molar-refractivity contribution in [1.82, 2.24) is 9.55 Å². The lowest BCUT2D eigenvalue weighted by Crippen LogP contribution is -2.26. The zero-order valence-electron chi connectivity index (χ0n) is 9.89. The molecule has 0 unspecified atom stereocenters. The molecule has 1 aromatic heterocycles. The molecule has 0 atom stereocenters. The third kappa shape index (κ3) is 2.91. The number of hydrogen-bond donors (Lipinski definition) is 0. The van der Waals surface area contributed by atoms with Gasteiger partial charge >= 0.3 is 0 Å². The first-order chi connectivity index (χ1) is 7.12. The molecule has 16 heavy (non-hydrogen) atoms. The molecular weight excluding hydrogens is 228 g/mol. The molecule has 0 aliphatic rings. The summed E-state index contributed by atoms with van der Waals surface area (Å²) in [5.74, 6) is -0.0320. The van der Waals surface area contributed by atoms with Gasteiger partial charge < -0.3 is 4.57 Å². The van der Waals surface area contributed by atoms with Gasteiger partial charge in [-0.2, -0.15) is 0 Å². The predicted octanol–water partition coefficient (Wildman–Crippen LogP) is 0.902. The minimum Gasteiger partial charge on any atom is -0.314 e. The van der Waals surface area contributed by atoms with Crippen molar-refractivity contribution < 1.29 is 13.2 Å². The van der Waals surface area contributed by atoms with Crippen LogP contribution in [-0.2, 0) is 21.2 Å². The number of Topliss-reactive ketones (excluding diaryl/α,β-unsaturated/α-hetero) is 1. The van der Waals surface area contributed by atoms with E-state index in [2.05, 4.69) is 4.98 Å². The molecule has 0 aromatic carbocycles. The van der Waals surface area contributed by atoms with Crippen LogP contribution in [0.2, 0.25) is 0 Å². The number of ketones is 1. The maximum atomic E-state index is 11.8. The number of nitrogens with zero attached hydrogens (tertiary/aromatic N) is 2. The molecule has 0 bridgehead atoms. The van der Waals surface area contributed by atoms with Gasteiger partial charge in [-0.15, -0.1) is 0 Å². The minimum absolute atomic E-state index is 0.0320. The van der Waals surface area contributed by atoms with Gasteiger partial charge in [0.2, 0.25) is 15.0 Å². The Labute approximate surface area is 95.4 Å². The number of imidazole rings is 1. The van der Waals surface area contributed by atoms with E-state index in [4.69, 9.17) is 0 Å². The number of carbonyl (C=O) groups is 1. The minimum atomic E-state index is -3.38. The fourth-order valence-corrected chi connectivity index (χ4v) is 1.94. The average Bonchev–Trinajstić information content (AvgIpc) is 2.49. The van der Waals surface area contributed by atoms with Crippen LogP contribution in [-0.4, -0.2) is 30.0 Å². The van der Waals surface area contributed by atoms with Crippen LogP contribution in [0, 0.1) is 5.41 Å². The molecule has 0 aliphatic carbocycles. The highest BCUT2D eigenvalue weighted by Crippen LogP contribution is 2.17. The normalized spacial score (nSPS) is 12.8. The molecule has 5 nitrogen and oxygen atoms in total. The summed E-state index contributed by atoms with van der Waals surface area (Å²) < 4.78 is 24.1. The van der Waals surface area contributed by atoms with Crippen LogP contribution in [0.15, 0.2) is 17.6 Å². The van der Waals surface area contributed by atoms with Crippen molar-refractivity contribution in [2.75, 3.05) is 6.26 Å². The standard InChI is InChI=1S/C10H16N2O3S/c1-10(2,3)8(13)7-12-6-5-11-9(12)16(4,14)15/h5-6H,7H2,1-4H3. The number of carbonyl (C=O) groups excluding carboxylic acids is 1. The van der Waals surface area contributed by atoms with Crippen LogP contribution >= 0.6 is 0 Å². The van der Waals surface area contributed by atoms with E-state index < -0.39 is 15.3 Å². The molecule has 6 heteroatoms. The Morgan fingerprint density at radius 3 is 2.44 bits per heavy atom. The molecule has 0 fully saturated rings. The van der Waals surface area contributed by atoms with Crippen molar-refractivity contribution >= 4 is 15.6 Å². The van der Waals surface area contributed by atoms with Crippen LogP contribution in [0.25, 0.3) is 0 Å². The summed E-state index contributed by atoms with van der Waals surface area (Å²) in [6, 6.07) is 0. The molecule has 90 valence electrons. The van der Waals surface area contributed by atoms with E-state index in [0.29, 0.717) is 0 Å². The smallest absolute Gasteiger partial charge is 0.227 e. The maximum absolute atomic E-state index is 11.8. The summed E-state index contributed by atoms with van der Waals surface area (Å²) in [7, 11) is -3.38. The lowest BCUT2D eigenvalue weighted by molar-refractivity contribution is -0.127. The van der Waals surface area contributed by atoms with Gasteiger partial charge in [0.15, 0.2) is 5.78 Å². The SMILES string of the molecule is CC(C)(C)C(=O)Cn1ccnc1S(C)(=O)=O. The van der Waals surface area contributed by atoms with E-state index in [1.807, 2.05) is 0 Å². The number of rotatable bonds is 3. The third-order valence-corrected chi connectivity index (χ3v) is 3.16. The van der Waals surface area contributed by atoms with E-state index in [9.17, 15) is 13.2 Å². The van der Waals surface area contributed by atoms with Crippen molar-refractivity contribution in [3.8, 4) is 0 Å². The van der Waals surface area contributed by atoms with Gasteiger partial charge in [0.1, 0.15) is 0 Å². The van der Waals surface area contributed by atoms with E-state index >= 15 is 0 Å². The second kappa shape index (κ2) is 4.01. The highest BCUT2D eigenvalue weighted by atomic mass is 32.2. The summed E-state index contributed by atoms with van der Waals surface area (Å²) in [4.78, 5) is 15.5. The van der Waals surface area contributed by atoms with Gasteiger partial charge in [-0.3, -0.25) is 4.79 Å². The molecular formula is C10H16N2O3S. The highest BCUT2D eigenvalue weighted by molar-refractivity contribution is 7.90. The van der Waals surface area contributed by atoms with Crippen molar-refractivity contribution in [3.63, 3.8) is 0 Å². The van der Waals surface area contributed by atoms with Gasteiger partial charge in [0.05, 0.1) is 6.54 Å². The number of aromatic nitrogens is 2. The van der Waals surface area contributed by atoms with Crippen LogP contribution in [0.1, 0.15) is 20.8 Å². The van der Waals surface area contributed by atoms with Crippen LogP contribution in [0.4, 0.5) is 0 Å². The van der Waals surface area contributed by atoms with E-state index in [1.54, 1.807) is 20.8 Å². The van der Waals surface area contributed by atoms with Crippen LogP contribution < -0.4 is 0 Å². The first-order valence-electron chi connectivity index (χ1n) is 4.87. The summed E-state index contributed by atoms with van der Waals surface area (Å²) in [5.41, 5.74) is -0.487. The second-order valence-electron chi connectivity index (χ2n) is 4.78. The second-order valence-corrected chi connectivity index (χ2v) is 6.69. The Morgan fingerprint density at radius 1 is 1.44 bits per heavy atom. The van der Waals surface area contributed by atoms with Crippen molar-refractivity contribution in [2.45, 2.75) is 32.5 Å². The first kappa shape index (κ1) is 12.9. The van der Waals surface area contributed by atoms with Gasteiger partial charge in [0, 0.05) is 24.1 Å². The number of hydrogen-bond acceptors (Lipinski definition) is 4. The lowest BCUT2D eigenvalue weighted by atomic mass is 9.91. The summed E-state index contributed by atoms with van der Waals surface area (Å²) in [6.45, 7) is 5.43. The maximum Gasteiger partial charge on any atom is 0.227 e. The fourth-order valence-electron chi connectivity index (χ4n) is 1.14. The molecule has 0 amide bonds. The third-order valence-electron chi connectivity index (χ3n) is 2.16. The molecule has 0 aliphatic heterocycles. The quantitative estimate of drug-likeness (QED) is 0.792. The van der Waals surface area contributed by atoms with Crippen molar-refractivity contribution in [2.24, 2.45) is 5.41 Å². The Bertz CT molecular complexity index is 494. The van der Waals surface area contributed by atoms with Crippen molar-refractivity contribution in [1.29, 1.82) is 0 Å². The zero-order valence-corrected chi connectivity index (χ0v) is 10.7. The Kier molecular flexibility index (Phi) is 3.23. The first-order valence-corrected chi connectivity index (χ1v) is 6.76. The van der Waals surface area contributed by atoms with E-state index in [1.165, 1.54) is 17.0 Å². The Morgan fingerprint density at radius 2 is 2.00 bits per heavy atom. The van der Waals surface area contributed by atoms with Gasteiger partial charge in [0.25, 0.3) is 0 Å². The summed E-state index contributed by atoms with van der Waals surface area (Å²) in [6.07, 6.45) is 3.96. The Balaban J connectivity index is 3.01. The Hall–Kier alpha value is -1.17. The highest BCUT2D eigenvalue weighted by Gasteiger charge is 2.24. The zero-order chi connectivity index (χ0) is 12.6. The van der Waals surface area contributed by atoms with Crippen LogP contribution in [0.3, 0.4) is 0 Å². The average molecular weight is 244 g/mol. The van der Waals surface area contributed by atoms with Crippen molar-refractivity contribution in [3.05, 3.63) is 12.4 Å². The molecule has 0 radical (unpaired) electrons. The lowest BCUT2D eigenvalue weighted by Gasteiger charge is -2.17. The molecule has 0 spiro atoms. The van der Waals surface area contributed by atoms with Gasteiger partial charge in [-0.1, -0.05) is 20.8 Å². The largest absolute Gasteiger partial charge is 0.314 e. The molecule has 0 saturated heterocycles. The topological polar surface area (TPSA) is 69.0 Å². The molecule has 1 heterocycles. The molecule has 0 N–H and O–H groups in total. The van der Waals surface area contributed by atoms with E-state index in [-0.39, 0.29) is 17.5 Å². The fraction of sp³-hybridized carbons (Fsp3) is 0.600. The number of sulfone groups is 1.